The van der Waals surface area contributed by atoms with Crippen molar-refractivity contribution in [1.29, 1.82) is 0 Å². The van der Waals surface area contributed by atoms with Gasteiger partial charge >= 0.3 is 0 Å². The third kappa shape index (κ3) is 4.12. The van der Waals surface area contributed by atoms with E-state index in [1.807, 2.05) is 19.9 Å². The lowest BCUT2D eigenvalue weighted by Crippen LogP contribution is -2.30. The lowest BCUT2D eigenvalue weighted by molar-refractivity contribution is 0.227. The van der Waals surface area contributed by atoms with Crippen molar-refractivity contribution in [3.05, 3.63) is 18.3 Å². The van der Waals surface area contributed by atoms with Crippen LogP contribution in [0.25, 0.3) is 0 Å². The van der Waals surface area contributed by atoms with Crippen molar-refractivity contribution in [2.75, 3.05) is 5.32 Å². The summed E-state index contributed by atoms with van der Waals surface area (Å²) in [5, 5.41) is 3.61. The van der Waals surface area contributed by atoms with Crippen molar-refractivity contribution < 1.29 is 4.74 Å². The quantitative estimate of drug-likeness (QED) is 0.880. The van der Waals surface area contributed by atoms with E-state index in [-0.39, 0.29) is 6.10 Å². The Kier molecular flexibility index (Phi) is 4.33. The van der Waals surface area contributed by atoms with Gasteiger partial charge in [0, 0.05) is 12.2 Å². The predicted molar refractivity (Wildman–Crippen MR) is 79.7 cm³/mol. The first-order chi connectivity index (χ1) is 8.96. The number of nitrogens with zero attached hydrogens (tertiary/aromatic N) is 1. The molecule has 0 unspecified atom stereocenters. The lowest BCUT2D eigenvalue weighted by atomic mass is 9.75. The number of aromatic nitrogens is 1. The van der Waals surface area contributed by atoms with Gasteiger partial charge in [-0.05, 0) is 57.1 Å². The van der Waals surface area contributed by atoms with Crippen LogP contribution in [0.5, 0.6) is 5.88 Å². The standard InChI is InChI=1S/C16H26N2O/c1-12(2)19-15-14(6-5-11-17-15)18-13-7-9-16(3,4)10-8-13/h5-6,11-13,18H,7-10H2,1-4H3. The Labute approximate surface area is 116 Å². The first kappa shape index (κ1) is 14.2. The fraction of sp³-hybridized carbons (Fsp3) is 0.688. The number of nitrogens with one attached hydrogen (secondary N) is 1. The van der Waals surface area contributed by atoms with E-state index in [4.69, 9.17) is 4.74 Å². The molecule has 19 heavy (non-hydrogen) atoms. The van der Waals surface area contributed by atoms with Crippen LogP contribution in [0.1, 0.15) is 53.4 Å². The van der Waals surface area contributed by atoms with Crippen LogP contribution in [-0.4, -0.2) is 17.1 Å². The Morgan fingerprint density at radius 2 is 2.00 bits per heavy atom. The molecule has 0 amide bonds. The van der Waals surface area contributed by atoms with E-state index in [0.717, 1.165) is 11.6 Å². The molecule has 1 heterocycles. The molecule has 1 aromatic heterocycles. The van der Waals surface area contributed by atoms with E-state index >= 15 is 0 Å². The average Bonchev–Trinajstić information content (AvgIpc) is 2.33. The summed E-state index contributed by atoms with van der Waals surface area (Å²) < 4.78 is 5.75. The van der Waals surface area contributed by atoms with Gasteiger partial charge in [0.05, 0.1) is 11.8 Å². The van der Waals surface area contributed by atoms with Gasteiger partial charge in [-0.2, -0.15) is 0 Å². The molecule has 0 saturated heterocycles. The van der Waals surface area contributed by atoms with Gasteiger partial charge in [0.25, 0.3) is 0 Å². The molecule has 0 spiro atoms. The molecule has 0 aliphatic heterocycles. The zero-order chi connectivity index (χ0) is 13.9. The Morgan fingerprint density at radius 3 is 2.63 bits per heavy atom. The van der Waals surface area contributed by atoms with E-state index in [9.17, 15) is 0 Å². The van der Waals surface area contributed by atoms with Crippen LogP contribution in [0.3, 0.4) is 0 Å². The highest BCUT2D eigenvalue weighted by Crippen LogP contribution is 2.36. The molecule has 0 atom stereocenters. The molecule has 106 valence electrons. The molecule has 3 nitrogen and oxygen atoms in total. The molecular formula is C16H26N2O. The number of ether oxygens (including phenoxy) is 1. The molecule has 1 N–H and O–H groups in total. The summed E-state index contributed by atoms with van der Waals surface area (Å²) in [5.74, 6) is 0.724. The van der Waals surface area contributed by atoms with Gasteiger partial charge in [-0.3, -0.25) is 0 Å². The summed E-state index contributed by atoms with van der Waals surface area (Å²) in [5.41, 5.74) is 1.53. The first-order valence-electron chi connectivity index (χ1n) is 7.34. The monoisotopic (exact) mass is 262 g/mol. The largest absolute Gasteiger partial charge is 0.473 e. The van der Waals surface area contributed by atoms with E-state index in [2.05, 4.69) is 30.2 Å². The minimum absolute atomic E-state index is 0.153. The second-order valence-electron chi connectivity index (χ2n) is 6.61. The van der Waals surface area contributed by atoms with Gasteiger partial charge in [0.15, 0.2) is 0 Å². The Balaban J connectivity index is 1.99. The zero-order valence-corrected chi connectivity index (χ0v) is 12.6. The molecule has 1 aliphatic carbocycles. The molecule has 1 saturated carbocycles. The third-order valence-electron chi connectivity index (χ3n) is 3.82. The number of anilines is 1. The van der Waals surface area contributed by atoms with Crippen LogP contribution < -0.4 is 10.1 Å². The maximum Gasteiger partial charge on any atom is 0.237 e. The van der Waals surface area contributed by atoms with E-state index in [1.54, 1.807) is 6.20 Å². The van der Waals surface area contributed by atoms with Crippen LogP contribution in [0.15, 0.2) is 18.3 Å². The summed E-state index contributed by atoms with van der Waals surface area (Å²) in [6.07, 6.45) is 6.95. The fourth-order valence-electron chi connectivity index (χ4n) is 2.58. The highest BCUT2D eigenvalue weighted by atomic mass is 16.5. The van der Waals surface area contributed by atoms with Gasteiger partial charge in [0.1, 0.15) is 0 Å². The first-order valence-corrected chi connectivity index (χ1v) is 7.34. The zero-order valence-electron chi connectivity index (χ0n) is 12.6. The Bertz CT molecular complexity index is 405. The molecule has 2 rings (SSSR count). The molecule has 1 fully saturated rings. The normalized spacial score (nSPS) is 19.4. The number of hydrogen-bond donors (Lipinski definition) is 1. The fourth-order valence-corrected chi connectivity index (χ4v) is 2.58. The molecule has 0 radical (unpaired) electrons. The van der Waals surface area contributed by atoms with Gasteiger partial charge in [0.2, 0.25) is 5.88 Å². The van der Waals surface area contributed by atoms with Gasteiger partial charge < -0.3 is 10.1 Å². The lowest BCUT2D eigenvalue weighted by Gasteiger charge is -2.35. The number of rotatable bonds is 4. The van der Waals surface area contributed by atoms with Crippen LogP contribution in [-0.2, 0) is 0 Å². The summed E-state index contributed by atoms with van der Waals surface area (Å²) in [7, 11) is 0. The van der Waals surface area contributed by atoms with Crippen LogP contribution in [0.2, 0.25) is 0 Å². The van der Waals surface area contributed by atoms with E-state index in [0.29, 0.717) is 11.5 Å². The van der Waals surface area contributed by atoms with Crippen LogP contribution in [0, 0.1) is 5.41 Å². The van der Waals surface area contributed by atoms with Crippen LogP contribution >= 0.6 is 0 Å². The average molecular weight is 262 g/mol. The molecule has 1 aromatic rings. The van der Waals surface area contributed by atoms with Crippen LogP contribution in [0.4, 0.5) is 5.69 Å². The second kappa shape index (κ2) is 5.81. The summed E-state index contributed by atoms with van der Waals surface area (Å²) in [4.78, 5) is 4.33. The highest BCUT2D eigenvalue weighted by Gasteiger charge is 2.27. The van der Waals surface area contributed by atoms with Gasteiger partial charge in [-0.1, -0.05) is 13.8 Å². The van der Waals surface area contributed by atoms with Crippen molar-refractivity contribution in [3.63, 3.8) is 0 Å². The smallest absolute Gasteiger partial charge is 0.237 e. The number of pyridine rings is 1. The highest BCUT2D eigenvalue weighted by molar-refractivity contribution is 5.52. The van der Waals surface area contributed by atoms with E-state index < -0.39 is 0 Å². The molecule has 1 aliphatic rings. The molecular weight excluding hydrogens is 236 g/mol. The summed E-state index contributed by atoms with van der Waals surface area (Å²) in [6, 6.07) is 4.57. The minimum atomic E-state index is 0.153. The van der Waals surface area contributed by atoms with E-state index in [1.165, 1.54) is 25.7 Å². The topological polar surface area (TPSA) is 34.1 Å². The number of hydrogen-bond acceptors (Lipinski definition) is 3. The Morgan fingerprint density at radius 1 is 1.32 bits per heavy atom. The van der Waals surface area contributed by atoms with Crippen molar-refractivity contribution in [2.24, 2.45) is 5.41 Å². The predicted octanol–water partition coefficient (Wildman–Crippen LogP) is 4.25. The SMILES string of the molecule is CC(C)Oc1ncccc1NC1CCC(C)(C)CC1. The maximum absolute atomic E-state index is 5.75. The second-order valence-corrected chi connectivity index (χ2v) is 6.61. The van der Waals surface area contributed by atoms with Crippen molar-refractivity contribution in [2.45, 2.75) is 65.5 Å². The molecule has 0 bridgehead atoms. The van der Waals surface area contributed by atoms with Crippen molar-refractivity contribution >= 4 is 5.69 Å². The minimum Gasteiger partial charge on any atom is -0.473 e. The third-order valence-corrected chi connectivity index (χ3v) is 3.82. The van der Waals surface area contributed by atoms with Gasteiger partial charge in [-0.15, -0.1) is 0 Å². The van der Waals surface area contributed by atoms with Crippen molar-refractivity contribution in [3.8, 4) is 5.88 Å². The molecule has 0 aromatic carbocycles. The summed E-state index contributed by atoms with van der Waals surface area (Å²) in [6.45, 7) is 8.78. The summed E-state index contributed by atoms with van der Waals surface area (Å²) >= 11 is 0. The van der Waals surface area contributed by atoms with Crippen molar-refractivity contribution in [1.82, 2.24) is 4.98 Å². The molecule has 3 heteroatoms. The van der Waals surface area contributed by atoms with Gasteiger partial charge in [-0.25, -0.2) is 4.98 Å². The Hall–Kier alpha value is -1.25. The maximum atomic E-state index is 5.75.